The highest BCUT2D eigenvalue weighted by Crippen LogP contribution is 2.20. The molecule has 1 unspecified atom stereocenters. The fraction of sp³-hybridized carbons (Fsp3) is 0.818. The van der Waals surface area contributed by atoms with Crippen molar-refractivity contribution in [3.63, 3.8) is 0 Å². The topological polar surface area (TPSA) is 96.3 Å². The Kier molecular flexibility index (Phi) is 5.06. The molecule has 1 heterocycles. The van der Waals surface area contributed by atoms with Gasteiger partial charge in [0.2, 0.25) is 5.91 Å². The second-order valence-corrected chi connectivity index (χ2v) is 4.84. The number of aliphatic carboxylic acids is 1. The minimum atomic E-state index is -1.11. The number of aliphatic hydroxyl groups excluding tert-OH is 1. The van der Waals surface area contributed by atoms with Crippen molar-refractivity contribution in [1.82, 2.24) is 4.90 Å². The van der Waals surface area contributed by atoms with Crippen molar-refractivity contribution in [2.75, 3.05) is 32.9 Å². The summed E-state index contributed by atoms with van der Waals surface area (Å²) >= 11 is 0. The predicted molar refractivity (Wildman–Crippen MR) is 61.1 cm³/mol. The van der Waals surface area contributed by atoms with Crippen molar-refractivity contribution in [1.29, 1.82) is 0 Å². The summed E-state index contributed by atoms with van der Waals surface area (Å²) in [6.45, 7) is 3.39. The van der Waals surface area contributed by atoms with E-state index in [1.54, 1.807) is 0 Å². The van der Waals surface area contributed by atoms with Crippen molar-refractivity contribution >= 4 is 11.9 Å². The third kappa shape index (κ3) is 4.59. The van der Waals surface area contributed by atoms with E-state index in [9.17, 15) is 9.59 Å². The van der Waals surface area contributed by atoms with Crippen LogP contribution >= 0.6 is 0 Å². The lowest BCUT2D eigenvalue weighted by Crippen LogP contribution is -2.56. The van der Waals surface area contributed by atoms with Crippen molar-refractivity contribution in [2.45, 2.75) is 25.6 Å². The number of carboxylic acids is 1. The highest BCUT2D eigenvalue weighted by Gasteiger charge is 2.35. The molecule has 0 aromatic rings. The van der Waals surface area contributed by atoms with Crippen LogP contribution in [0.4, 0.5) is 0 Å². The van der Waals surface area contributed by atoms with Gasteiger partial charge in [-0.05, 0) is 13.8 Å². The number of morpholine rings is 1. The number of carbonyl (C=O) groups is 2. The molecule has 2 N–H and O–H groups in total. The largest absolute Gasteiger partial charge is 0.480 e. The smallest absolute Gasteiger partial charge is 0.329 e. The minimum Gasteiger partial charge on any atom is -0.480 e. The van der Waals surface area contributed by atoms with Crippen LogP contribution in [0.2, 0.25) is 0 Å². The van der Waals surface area contributed by atoms with E-state index in [4.69, 9.17) is 19.7 Å². The van der Waals surface area contributed by atoms with E-state index in [2.05, 4.69) is 0 Å². The zero-order valence-electron chi connectivity index (χ0n) is 10.6. The molecule has 0 aromatic carbocycles. The lowest BCUT2D eigenvalue weighted by Gasteiger charge is -2.42. The number of hydrogen-bond acceptors (Lipinski definition) is 5. The molecule has 1 fully saturated rings. The molecule has 0 aromatic heterocycles. The van der Waals surface area contributed by atoms with E-state index < -0.39 is 24.3 Å². The van der Waals surface area contributed by atoms with Crippen molar-refractivity contribution in [2.24, 2.45) is 0 Å². The van der Waals surface area contributed by atoms with Crippen LogP contribution in [0, 0.1) is 0 Å². The Morgan fingerprint density at radius 2 is 2.11 bits per heavy atom. The molecule has 1 rings (SSSR count). The Labute approximate surface area is 105 Å². The Hall–Kier alpha value is -1.18. The molecule has 1 saturated heterocycles. The van der Waals surface area contributed by atoms with Gasteiger partial charge in [0, 0.05) is 13.1 Å². The summed E-state index contributed by atoms with van der Waals surface area (Å²) in [6.07, 6.45) is -0.419. The Balaban J connectivity index is 2.48. The SMILES string of the molecule is CC1(C)CN(C(=O)COCC(=O)O)CC(CO)O1. The fourth-order valence-corrected chi connectivity index (χ4v) is 1.90. The average molecular weight is 261 g/mol. The van der Waals surface area contributed by atoms with E-state index >= 15 is 0 Å². The Morgan fingerprint density at radius 1 is 1.44 bits per heavy atom. The second-order valence-electron chi connectivity index (χ2n) is 4.84. The summed E-state index contributed by atoms with van der Waals surface area (Å²) in [5.41, 5.74) is -0.534. The quantitative estimate of drug-likeness (QED) is 0.665. The molecule has 104 valence electrons. The molecule has 0 aliphatic carbocycles. The normalized spacial score (nSPS) is 22.8. The molecule has 7 heteroatoms. The molecular weight excluding hydrogens is 242 g/mol. The Morgan fingerprint density at radius 3 is 2.67 bits per heavy atom. The van der Waals surface area contributed by atoms with Gasteiger partial charge in [-0.25, -0.2) is 4.79 Å². The van der Waals surface area contributed by atoms with Gasteiger partial charge in [0.25, 0.3) is 0 Å². The van der Waals surface area contributed by atoms with Crippen LogP contribution in [0.25, 0.3) is 0 Å². The van der Waals surface area contributed by atoms with Gasteiger partial charge in [-0.1, -0.05) is 0 Å². The van der Waals surface area contributed by atoms with Crippen LogP contribution in [0.5, 0.6) is 0 Å². The van der Waals surface area contributed by atoms with E-state index in [0.717, 1.165) is 0 Å². The summed E-state index contributed by atoms with van der Waals surface area (Å²) in [6, 6.07) is 0. The fourth-order valence-electron chi connectivity index (χ4n) is 1.90. The number of amides is 1. The first kappa shape index (κ1) is 14.9. The third-order valence-electron chi connectivity index (χ3n) is 2.49. The number of carbonyl (C=O) groups excluding carboxylic acids is 1. The standard InChI is InChI=1S/C11H19NO6/c1-11(2)7-12(3-8(4-13)18-11)9(14)5-17-6-10(15)16/h8,13H,3-7H2,1-2H3,(H,15,16). The van der Waals surface area contributed by atoms with Gasteiger partial charge in [0.1, 0.15) is 13.2 Å². The maximum absolute atomic E-state index is 11.8. The first-order chi connectivity index (χ1) is 8.34. The number of nitrogens with zero attached hydrogens (tertiary/aromatic N) is 1. The molecule has 7 nitrogen and oxygen atoms in total. The number of aliphatic hydroxyl groups is 1. The lowest BCUT2D eigenvalue weighted by atomic mass is 10.1. The summed E-state index contributed by atoms with van der Waals surface area (Å²) in [7, 11) is 0. The minimum absolute atomic E-state index is 0.163. The summed E-state index contributed by atoms with van der Waals surface area (Å²) in [5, 5.41) is 17.5. The van der Waals surface area contributed by atoms with E-state index in [0.29, 0.717) is 6.54 Å². The number of rotatable bonds is 5. The average Bonchev–Trinajstić information content (AvgIpc) is 2.26. The molecule has 0 bridgehead atoms. The van der Waals surface area contributed by atoms with Crippen LogP contribution in [0.15, 0.2) is 0 Å². The molecule has 18 heavy (non-hydrogen) atoms. The van der Waals surface area contributed by atoms with E-state index in [1.165, 1.54) is 4.90 Å². The summed E-state index contributed by atoms with van der Waals surface area (Å²) in [4.78, 5) is 23.6. The zero-order valence-corrected chi connectivity index (χ0v) is 10.6. The van der Waals surface area contributed by atoms with E-state index in [1.807, 2.05) is 13.8 Å². The highest BCUT2D eigenvalue weighted by molar-refractivity contribution is 5.78. The first-order valence-electron chi connectivity index (χ1n) is 5.70. The second kappa shape index (κ2) is 6.12. The maximum atomic E-state index is 11.8. The van der Waals surface area contributed by atoms with Crippen LogP contribution in [-0.4, -0.2) is 71.6 Å². The summed E-state index contributed by atoms with van der Waals surface area (Å²) in [5.74, 6) is -1.41. The Bertz CT molecular complexity index is 317. The van der Waals surface area contributed by atoms with Gasteiger partial charge in [-0.2, -0.15) is 0 Å². The predicted octanol–water partition coefficient (Wildman–Crippen LogP) is -0.914. The van der Waals surface area contributed by atoms with Gasteiger partial charge in [-0.15, -0.1) is 0 Å². The zero-order chi connectivity index (χ0) is 13.8. The van der Waals surface area contributed by atoms with Crippen molar-refractivity contribution in [3.05, 3.63) is 0 Å². The molecule has 1 amide bonds. The van der Waals surface area contributed by atoms with Crippen LogP contribution < -0.4 is 0 Å². The van der Waals surface area contributed by atoms with Crippen LogP contribution in [-0.2, 0) is 19.1 Å². The van der Waals surface area contributed by atoms with Crippen LogP contribution in [0.3, 0.4) is 0 Å². The van der Waals surface area contributed by atoms with Gasteiger partial charge in [0.05, 0.1) is 18.3 Å². The van der Waals surface area contributed by atoms with Gasteiger partial charge in [0.15, 0.2) is 0 Å². The highest BCUT2D eigenvalue weighted by atomic mass is 16.5. The van der Waals surface area contributed by atoms with Gasteiger partial charge in [-0.3, -0.25) is 4.79 Å². The van der Waals surface area contributed by atoms with Crippen LogP contribution in [0.1, 0.15) is 13.8 Å². The number of hydrogen-bond donors (Lipinski definition) is 2. The van der Waals surface area contributed by atoms with Gasteiger partial charge < -0.3 is 24.6 Å². The first-order valence-corrected chi connectivity index (χ1v) is 5.70. The van der Waals surface area contributed by atoms with Crippen molar-refractivity contribution in [3.8, 4) is 0 Å². The molecule has 1 atom stereocenters. The summed E-state index contributed by atoms with van der Waals surface area (Å²) < 4.78 is 10.3. The van der Waals surface area contributed by atoms with Crippen molar-refractivity contribution < 1.29 is 29.3 Å². The molecule has 0 saturated carbocycles. The maximum Gasteiger partial charge on any atom is 0.329 e. The van der Waals surface area contributed by atoms with Gasteiger partial charge >= 0.3 is 5.97 Å². The molecular formula is C11H19NO6. The third-order valence-corrected chi connectivity index (χ3v) is 2.49. The molecule has 0 spiro atoms. The molecule has 1 aliphatic rings. The molecule has 1 aliphatic heterocycles. The number of ether oxygens (including phenoxy) is 2. The molecule has 0 radical (unpaired) electrons. The lowest BCUT2D eigenvalue weighted by molar-refractivity contribution is -0.170. The van der Waals surface area contributed by atoms with E-state index in [-0.39, 0.29) is 25.7 Å². The number of carboxylic acid groups (broad SMARTS) is 1. The monoisotopic (exact) mass is 261 g/mol.